The van der Waals surface area contributed by atoms with Crippen molar-refractivity contribution < 1.29 is 0 Å². The summed E-state index contributed by atoms with van der Waals surface area (Å²) in [6.07, 6.45) is 9.83. The van der Waals surface area contributed by atoms with Gasteiger partial charge in [0, 0.05) is 6.04 Å². The molecule has 126 valence electrons. The summed E-state index contributed by atoms with van der Waals surface area (Å²) in [5.74, 6) is 0. The molecule has 2 N–H and O–H groups in total. The van der Waals surface area contributed by atoms with Gasteiger partial charge in [-0.2, -0.15) is 0 Å². The lowest BCUT2D eigenvalue weighted by Gasteiger charge is -2.22. The molecular weight excluding hydrogens is 278 g/mol. The van der Waals surface area contributed by atoms with Crippen molar-refractivity contribution in [2.75, 3.05) is 0 Å². The molecule has 2 rings (SSSR count). The van der Waals surface area contributed by atoms with Gasteiger partial charge in [0.05, 0.1) is 0 Å². The van der Waals surface area contributed by atoms with Crippen molar-refractivity contribution in [3.05, 3.63) is 47.0 Å². The smallest absolute Gasteiger partial charge is 0.0303 e. The molecule has 0 aliphatic rings. The minimum absolute atomic E-state index is 0.169. The maximum Gasteiger partial charge on any atom is 0.0303 e. The molecule has 0 saturated carbocycles. The van der Waals surface area contributed by atoms with Crippen LogP contribution in [0.1, 0.15) is 82.0 Å². The number of rotatable bonds is 9. The molecule has 1 atom stereocenters. The molecule has 1 unspecified atom stereocenters. The van der Waals surface area contributed by atoms with Gasteiger partial charge in [-0.3, -0.25) is 0 Å². The summed E-state index contributed by atoms with van der Waals surface area (Å²) in [5.41, 5.74) is 11.1. The van der Waals surface area contributed by atoms with Crippen molar-refractivity contribution in [3.63, 3.8) is 0 Å². The third kappa shape index (κ3) is 4.35. The van der Waals surface area contributed by atoms with Gasteiger partial charge in [-0.1, -0.05) is 83.2 Å². The van der Waals surface area contributed by atoms with Crippen LogP contribution in [-0.2, 0) is 12.8 Å². The van der Waals surface area contributed by atoms with Gasteiger partial charge in [-0.25, -0.2) is 0 Å². The van der Waals surface area contributed by atoms with E-state index in [2.05, 4.69) is 51.1 Å². The second-order valence-corrected chi connectivity index (χ2v) is 6.67. The number of nitrogens with two attached hydrogens (primary N) is 1. The van der Waals surface area contributed by atoms with E-state index in [1.165, 1.54) is 59.6 Å². The van der Waals surface area contributed by atoms with Crippen molar-refractivity contribution in [1.29, 1.82) is 0 Å². The summed E-state index contributed by atoms with van der Waals surface area (Å²) in [7, 11) is 0. The zero-order chi connectivity index (χ0) is 16.7. The molecule has 2 aromatic carbocycles. The molecule has 0 aliphatic carbocycles. The third-order valence-electron chi connectivity index (χ3n) is 5.02. The van der Waals surface area contributed by atoms with E-state index in [-0.39, 0.29) is 6.04 Å². The molecule has 0 aromatic heterocycles. The molecule has 0 aliphatic heterocycles. The van der Waals surface area contributed by atoms with Crippen LogP contribution in [0.15, 0.2) is 30.3 Å². The Hall–Kier alpha value is -1.34. The first-order valence-corrected chi connectivity index (χ1v) is 9.51. The van der Waals surface area contributed by atoms with E-state index in [1.54, 1.807) is 0 Å². The molecule has 0 radical (unpaired) electrons. The number of hydrogen-bond donors (Lipinski definition) is 1. The predicted octanol–water partition coefficient (Wildman–Crippen LogP) is 6.32. The van der Waals surface area contributed by atoms with Gasteiger partial charge in [0.2, 0.25) is 0 Å². The van der Waals surface area contributed by atoms with Gasteiger partial charge >= 0.3 is 0 Å². The fraction of sp³-hybridized carbons (Fsp3) is 0.545. The highest BCUT2D eigenvalue weighted by molar-refractivity contribution is 5.88. The summed E-state index contributed by atoms with van der Waals surface area (Å²) in [4.78, 5) is 0. The van der Waals surface area contributed by atoms with Crippen molar-refractivity contribution in [1.82, 2.24) is 0 Å². The molecule has 0 fully saturated rings. The maximum absolute atomic E-state index is 6.68. The minimum Gasteiger partial charge on any atom is -0.324 e. The monoisotopic (exact) mass is 311 g/mol. The van der Waals surface area contributed by atoms with Crippen LogP contribution >= 0.6 is 0 Å². The molecular formula is C22H33N. The summed E-state index contributed by atoms with van der Waals surface area (Å²) in [5, 5.41) is 2.71. The molecule has 0 bridgehead atoms. The average Bonchev–Trinajstić information content (AvgIpc) is 2.59. The standard InChI is InChI=1S/C22H33N/c1-4-7-8-9-10-15-21(23)22-19(6-3)17(5-2)16-18-13-11-12-14-20(18)22/h11-14,16,21H,4-10,15,23H2,1-3H3. The van der Waals surface area contributed by atoms with E-state index >= 15 is 0 Å². The number of unbranched alkanes of at least 4 members (excludes halogenated alkanes) is 4. The minimum atomic E-state index is 0.169. The van der Waals surface area contributed by atoms with Crippen LogP contribution in [-0.4, -0.2) is 0 Å². The SMILES string of the molecule is CCCCCCCC(N)c1c(CC)c(CC)cc2ccccc12. The average molecular weight is 312 g/mol. The van der Waals surface area contributed by atoms with Crippen LogP contribution in [0.5, 0.6) is 0 Å². The molecule has 0 heterocycles. The largest absolute Gasteiger partial charge is 0.324 e. The Morgan fingerprint density at radius 1 is 0.913 bits per heavy atom. The summed E-state index contributed by atoms with van der Waals surface area (Å²) in [6.45, 7) is 6.78. The van der Waals surface area contributed by atoms with Crippen molar-refractivity contribution in [2.45, 2.75) is 78.2 Å². The van der Waals surface area contributed by atoms with Gasteiger partial charge in [0.25, 0.3) is 0 Å². The Labute approximate surface area is 142 Å². The lowest BCUT2D eigenvalue weighted by molar-refractivity contribution is 0.554. The fourth-order valence-electron chi connectivity index (χ4n) is 3.75. The number of aryl methyl sites for hydroxylation is 1. The maximum atomic E-state index is 6.68. The predicted molar refractivity (Wildman–Crippen MR) is 103 cm³/mol. The number of benzene rings is 2. The Bertz CT molecular complexity index is 615. The number of fused-ring (bicyclic) bond motifs is 1. The van der Waals surface area contributed by atoms with E-state index in [9.17, 15) is 0 Å². The van der Waals surface area contributed by atoms with Gasteiger partial charge in [-0.05, 0) is 46.7 Å². The Balaban J connectivity index is 2.29. The van der Waals surface area contributed by atoms with Crippen LogP contribution in [0.3, 0.4) is 0 Å². The summed E-state index contributed by atoms with van der Waals surface area (Å²) < 4.78 is 0. The van der Waals surface area contributed by atoms with Crippen LogP contribution in [0.2, 0.25) is 0 Å². The van der Waals surface area contributed by atoms with Crippen molar-refractivity contribution in [2.24, 2.45) is 5.73 Å². The molecule has 0 amide bonds. The summed E-state index contributed by atoms with van der Waals surface area (Å²) in [6, 6.07) is 11.3. The molecule has 1 heteroatoms. The first kappa shape index (κ1) is 18.0. The van der Waals surface area contributed by atoms with Crippen LogP contribution in [0.25, 0.3) is 10.8 Å². The molecule has 1 nitrogen and oxygen atoms in total. The van der Waals surface area contributed by atoms with Crippen molar-refractivity contribution in [3.8, 4) is 0 Å². The fourth-order valence-corrected chi connectivity index (χ4v) is 3.75. The molecule has 2 aromatic rings. The highest BCUT2D eigenvalue weighted by atomic mass is 14.6. The van der Waals surface area contributed by atoms with Gasteiger partial charge < -0.3 is 5.73 Å². The van der Waals surface area contributed by atoms with Gasteiger partial charge in [0.15, 0.2) is 0 Å². The van der Waals surface area contributed by atoms with Gasteiger partial charge in [-0.15, -0.1) is 0 Å². The zero-order valence-electron chi connectivity index (χ0n) is 15.2. The normalized spacial score (nSPS) is 12.7. The first-order chi connectivity index (χ1) is 11.2. The Morgan fingerprint density at radius 3 is 2.35 bits per heavy atom. The Kier molecular flexibility index (Phi) is 7.11. The topological polar surface area (TPSA) is 26.0 Å². The van der Waals surface area contributed by atoms with E-state index in [1.807, 2.05) is 0 Å². The first-order valence-electron chi connectivity index (χ1n) is 9.51. The van der Waals surface area contributed by atoms with E-state index < -0.39 is 0 Å². The third-order valence-corrected chi connectivity index (χ3v) is 5.02. The van der Waals surface area contributed by atoms with Gasteiger partial charge in [0.1, 0.15) is 0 Å². The molecule has 0 saturated heterocycles. The van der Waals surface area contributed by atoms with Crippen LogP contribution in [0, 0.1) is 0 Å². The van der Waals surface area contributed by atoms with E-state index in [0.29, 0.717) is 0 Å². The lowest BCUT2D eigenvalue weighted by Crippen LogP contribution is -2.14. The lowest BCUT2D eigenvalue weighted by atomic mass is 9.86. The second kappa shape index (κ2) is 9.08. The summed E-state index contributed by atoms with van der Waals surface area (Å²) >= 11 is 0. The Morgan fingerprint density at radius 2 is 1.65 bits per heavy atom. The molecule has 23 heavy (non-hydrogen) atoms. The quantitative estimate of drug-likeness (QED) is 0.538. The van der Waals surface area contributed by atoms with E-state index in [0.717, 1.165) is 19.3 Å². The molecule has 0 spiro atoms. The van der Waals surface area contributed by atoms with Crippen LogP contribution in [0.4, 0.5) is 0 Å². The highest BCUT2D eigenvalue weighted by Gasteiger charge is 2.16. The van der Waals surface area contributed by atoms with Crippen LogP contribution < -0.4 is 5.73 Å². The highest BCUT2D eigenvalue weighted by Crippen LogP contribution is 2.33. The van der Waals surface area contributed by atoms with E-state index in [4.69, 9.17) is 5.73 Å². The number of hydrogen-bond acceptors (Lipinski definition) is 1. The second-order valence-electron chi connectivity index (χ2n) is 6.67. The zero-order valence-corrected chi connectivity index (χ0v) is 15.2. The van der Waals surface area contributed by atoms with Crippen molar-refractivity contribution >= 4 is 10.8 Å².